The van der Waals surface area contributed by atoms with Gasteiger partial charge in [-0.3, -0.25) is 0 Å². The van der Waals surface area contributed by atoms with Gasteiger partial charge in [-0.25, -0.2) is 13.2 Å². The minimum atomic E-state index is -0.974. The molecule has 0 radical (unpaired) electrons. The van der Waals surface area contributed by atoms with E-state index in [0.717, 1.165) is 17.9 Å². The third-order valence-corrected chi connectivity index (χ3v) is 7.66. The van der Waals surface area contributed by atoms with Crippen LogP contribution < -0.4 is 4.74 Å². The molecule has 0 spiro atoms. The summed E-state index contributed by atoms with van der Waals surface area (Å²) < 4.78 is 50.4. The first-order valence-corrected chi connectivity index (χ1v) is 12.4. The molecule has 0 heterocycles. The van der Waals surface area contributed by atoms with E-state index in [1.165, 1.54) is 38.5 Å². The van der Waals surface area contributed by atoms with E-state index in [1.54, 1.807) is 25.1 Å². The Morgan fingerprint density at radius 1 is 0.879 bits per heavy atom. The summed E-state index contributed by atoms with van der Waals surface area (Å²) in [5, 5.41) is 0. The van der Waals surface area contributed by atoms with E-state index in [0.29, 0.717) is 29.6 Å². The molecule has 0 aliphatic heterocycles. The first-order chi connectivity index (χ1) is 16.0. The van der Waals surface area contributed by atoms with Crippen LogP contribution in [0.15, 0.2) is 36.4 Å². The zero-order valence-corrected chi connectivity index (χ0v) is 19.4. The van der Waals surface area contributed by atoms with Crippen molar-refractivity contribution in [1.82, 2.24) is 0 Å². The molecule has 1 nitrogen and oxygen atoms in total. The predicted molar refractivity (Wildman–Crippen MR) is 127 cm³/mol. The van der Waals surface area contributed by atoms with E-state index >= 15 is 8.78 Å². The van der Waals surface area contributed by atoms with Gasteiger partial charge in [-0.15, -0.1) is 0 Å². The maximum atomic E-state index is 15.2. The van der Waals surface area contributed by atoms with E-state index in [4.69, 9.17) is 4.74 Å². The molecule has 3 aliphatic rings. The second-order valence-electron chi connectivity index (χ2n) is 9.69. The molecule has 1 fully saturated rings. The van der Waals surface area contributed by atoms with Crippen LogP contribution in [0.4, 0.5) is 13.2 Å². The van der Waals surface area contributed by atoms with Crippen LogP contribution in [-0.4, -0.2) is 6.61 Å². The highest BCUT2D eigenvalue weighted by atomic mass is 19.2. The Hall–Kier alpha value is -2.49. The van der Waals surface area contributed by atoms with E-state index in [-0.39, 0.29) is 22.4 Å². The van der Waals surface area contributed by atoms with Gasteiger partial charge < -0.3 is 4.74 Å². The van der Waals surface area contributed by atoms with Crippen molar-refractivity contribution in [3.63, 3.8) is 0 Å². The first-order valence-electron chi connectivity index (χ1n) is 12.4. The van der Waals surface area contributed by atoms with Crippen molar-refractivity contribution in [3.05, 3.63) is 59.4 Å². The molecule has 33 heavy (non-hydrogen) atoms. The maximum Gasteiger partial charge on any atom is 0.173 e. The smallest absolute Gasteiger partial charge is 0.173 e. The summed E-state index contributed by atoms with van der Waals surface area (Å²) in [5.41, 5.74) is 2.32. The van der Waals surface area contributed by atoms with Gasteiger partial charge in [0.2, 0.25) is 0 Å². The maximum absolute atomic E-state index is 15.2. The zero-order valence-electron chi connectivity index (χ0n) is 19.4. The van der Waals surface area contributed by atoms with Gasteiger partial charge in [-0.2, -0.15) is 0 Å². The van der Waals surface area contributed by atoms with Crippen LogP contribution in [-0.2, 0) is 0 Å². The van der Waals surface area contributed by atoms with Crippen molar-refractivity contribution < 1.29 is 17.9 Å². The summed E-state index contributed by atoms with van der Waals surface area (Å²) in [6, 6.07) is 4.97. The lowest BCUT2D eigenvalue weighted by Gasteiger charge is -2.36. The predicted octanol–water partition coefficient (Wildman–Crippen LogP) is 8.72. The number of ether oxygens (including phenoxy) is 1. The molecule has 5 rings (SSSR count). The summed E-state index contributed by atoms with van der Waals surface area (Å²) in [6.07, 6.45) is 14.9. The minimum absolute atomic E-state index is 0.0242. The molecule has 0 saturated heterocycles. The van der Waals surface area contributed by atoms with Crippen LogP contribution >= 0.6 is 0 Å². The van der Waals surface area contributed by atoms with Crippen molar-refractivity contribution >= 4 is 5.57 Å². The van der Waals surface area contributed by atoms with Crippen molar-refractivity contribution in [1.29, 1.82) is 0 Å². The lowest BCUT2D eigenvalue weighted by atomic mass is 9.69. The Labute approximate surface area is 194 Å². The number of allylic oxidation sites excluding steroid dienone is 4. The third-order valence-electron chi connectivity index (χ3n) is 7.66. The van der Waals surface area contributed by atoms with E-state index in [1.807, 2.05) is 6.08 Å². The van der Waals surface area contributed by atoms with E-state index < -0.39 is 17.5 Å². The van der Waals surface area contributed by atoms with Crippen LogP contribution in [0.1, 0.15) is 64.4 Å². The van der Waals surface area contributed by atoms with Crippen molar-refractivity contribution in [2.75, 3.05) is 6.61 Å². The fraction of sp³-hybridized carbons (Fsp3) is 0.448. The molecule has 3 atom stereocenters. The number of unbranched alkanes of at least 4 members (excludes halogenated alkanes) is 2. The highest BCUT2D eigenvalue weighted by Crippen LogP contribution is 2.53. The quantitative estimate of drug-likeness (QED) is 0.326. The molecule has 1 saturated carbocycles. The Balaban J connectivity index is 1.40. The summed E-state index contributed by atoms with van der Waals surface area (Å²) in [7, 11) is 0. The van der Waals surface area contributed by atoms with Gasteiger partial charge in [0.1, 0.15) is 0 Å². The zero-order chi connectivity index (χ0) is 23.1. The van der Waals surface area contributed by atoms with Crippen LogP contribution in [0.5, 0.6) is 5.75 Å². The van der Waals surface area contributed by atoms with E-state index in [2.05, 4.69) is 19.1 Å². The van der Waals surface area contributed by atoms with E-state index in [9.17, 15) is 4.39 Å². The Kier molecular flexibility index (Phi) is 6.11. The number of halogens is 3. The molecule has 174 valence electrons. The summed E-state index contributed by atoms with van der Waals surface area (Å²) in [4.78, 5) is 0. The van der Waals surface area contributed by atoms with Gasteiger partial charge >= 0.3 is 0 Å². The summed E-state index contributed by atoms with van der Waals surface area (Å²) >= 11 is 0. The molecular formula is C29H31F3O. The number of hydrogen-bond donors (Lipinski definition) is 0. The molecule has 0 amide bonds. The van der Waals surface area contributed by atoms with Gasteiger partial charge in [-0.1, -0.05) is 50.8 Å². The second kappa shape index (κ2) is 9.04. The highest BCUT2D eigenvalue weighted by Gasteiger charge is 2.36. The molecular weight excluding hydrogens is 421 g/mol. The summed E-state index contributed by atoms with van der Waals surface area (Å²) in [5.74, 6) is -0.791. The Bertz CT molecular complexity index is 1130. The molecule has 0 N–H and O–H groups in total. The molecule has 4 heteroatoms. The minimum Gasteiger partial charge on any atom is -0.491 e. The molecule has 2 aromatic rings. The number of hydrogen-bond acceptors (Lipinski definition) is 1. The van der Waals surface area contributed by atoms with Gasteiger partial charge in [0, 0.05) is 16.7 Å². The second-order valence-corrected chi connectivity index (χ2v) is 9.69. The van der Waals surface area contributed by atoms with Crippen molar-refractivity contribution in [2.45, 2.75) is 58.8 Å². The van der Waals surface area contributed by atoms with Crippen LogP contribution in [0.2, 0.25) is 0 Å². The van der Waals surface area contributed by atoms with Gasteiger partial charge in [0.25, 0.3) is 0 Å². The molecule has 0 bridgehead atoms. The average Bonchev–Trinajstić information content (AvgIpc) is 2.81. The number of benzene rings is 2. The van der Waals surface area contributed by atoms with Crippen LogP contribution in [0, 0.1) is 35.2 Å². The van der Waals surface area contributed by atoms with Gasteiger partial charge in [0.05, 0.1) is 6.61 Å². The first kappa shape index (κ1) is 22.3. The Morgan fingerprint density at radius 2 is 1.70 bits per heavy atom. The topological polar surface area (TPSA) is 9.23 Å². The third kappa shape index (κ3) is 3.82. The average molecular weight is 453 g/mol. The van der Waals surface area contributed by atoms with Gasteiger partial charge in [-0.05, 0) is 78.8 Å². The normalized spacial score (nSPS) is 22.7. The van der Waals surface area contributed by atoms with Crippen LogP contribution in [0.3, 0.4) is 0 Å². The Morgan fingerprint density at radius 3 is 2.48 bits per heavy atom. The standard InChI is InChI=1S/C29H31F3O/c1-3-5-6-7-17-8-9-19-15-20(11-10-18(19)14-17)22-16-23-21-12-13-24(33-4-2)28(31)25(21)26(23)29(32)27(22)30/h10-13,15-19H,3-9,14H2,1-2H3. The SMILES string of the molecule is CCCCCC1CCC2C=C(c3cc4c(c(F)c3F)-c3c-4ccc(OCC)c3F)C=CC2C1. The largest absolute Gasteiger partial charge is 0.491 e. The number of rotatable bonds is 7. The lowest BCUT2D eigenvalue weighted by Crippen LogP contribution is -2.24. The highest BCUT2D eigenvalue weighted by molar-refractivity contribution is 6.04. The monoisotopic (exact) mass is 452 g/mol. The summed E-state index contributed by atoms with van der Waals surface area (Å²) in [6.45, 7) is 4.30. The van der Waals surface area contributed by atoms with Crippen LogP contribution in [0.25, 0.3) is 27.8 Å². The lowest BCUT2D eigenvalue weighted by molar-refractivity contribution is 0.236. The molecule has 3 unspecified atom stereocenters. The fourth-order valence-electron chi connectivity index (χ4n) is 5.91. The molecule has 0 aromatic heterocycles. The van der Waals surface area contributed by atoms with Crippen molar-refractivity contribution in [2.24, 2.45) is 17.8 Å². The van der Waals surface area contributed by atoms with Crippen molar-refractivity contribution in [3.8, 4) is 28.0 Å². The molecule has 3 aliphatic carbocycles. The van der Waals surface area contributed by atoms with Gasteiger partial charge in [0.15, 0.2) is 23.2 Å². The molecule has 2 aromatic carbocycles. The fourth-order valence-corrected chi connectivity index (χ4v) is 5.91. The number of fused-ring (bicyclic) bond motifs is 5.